The minimum Gasteiger partial charge on any atom is -0.449 e. The first-order valence-corrected chi connectivity index (χ1v) is 9.81. The number of ether oxygens (including phenoxy) is 1. The molecule has 0 saturated heterocycles. The van der Waals surface area contributed by atoms with Crippen molar-refractivity contribution in [2.24, 2.45) is 0 Å². The molecule has 0 fully saturated rings. The monoisotopic (exact) mass is 395 g/mol. The zero-order valence-electron chi connectivity index (χ0n) is 16.6. The van der Waals surface area contributed by atoms with Crippen LogP contribution < -0.4 is 5.32 Å². The highest BCUT2D eigenvalue weighted by atomic mass is 16.5. The number of hydrogen-bond acceptors (Lipinski definition) is 3. The van der Waals surface area contributed by atoms with Gasteiger partial charge in [-0.15, -0.1) is 0 Å². The second kappa shape index (κ2) is 8.67. The molecule has 0 bridgehead atoms. The highest BCUT2D eigenvalue weighted by Gasteiger charge is 2.28. The number of nitrogens with one attached hydrogen (secondary N) is 1. The first-order chi connectivity index (χ1) is 14.7. The van der Waals surface area contributed by atoms with Crippen LogP contribution in [0, 0.1) is 18.8 Å². The van der Waals surface area contributed by atoms with Crippen LogP contribution in [0.25, 0.3) is 11.1 Å². The number of hydrogen-bond donors (Lipinski definition) is 1. The van der Waals surface area contributed by atoms with Gasteiger partial charge in [0.15, 0.2) is 0 Å². The van der Waals surface area contributed by atoms with Crippen molar-refractivity contribution in [1.29, 1.82) is 0 Å². The Morgan fingerprint density at radius 2 is 1.70 bits per heavy atom. The first kappa shape index (κ1) is 19.5. The molecule has 4 rings (SSSR count). The molecule has 4 nitrogen and oxygen atoms in total. The highest BCUT2D eigenvalue weighted by Crippen LogP contribution is 2.44. The molecule has 1 aliphatic rings. The Labute approximate surface area is 175 Å². The predicted molar refractivity (Wildman–Crippen MR) is 117 cm³/mol. The summed E-state index contributed by atoms with van der Waals surface area (Å²) in [4.78, 5) is 22.9. The average Bonchev–Trinajstić information content (AvgIpc) is 3.10. The maximum absolute atomic E-state index is 12.1. The predicted octanol–water partition coefficient (Wildman–Crippen LogP) is 4.70. The standard InChI is InChI=1S/C26H21NO3/c1-18-15-19(16-28)12-13-20(18)7-6-14-27-26(29)30-17-25-23-10-4-2-8-21(23)22-9-3-5-11-24(22)25/h2-5,8-13,15-16,25H,14,17H2,1H3,(H,27,29). The molecular weight excluding hydrogens is 374 g/mol. The topological polar surface area (TPSA) is 55.4 Å². The molecule has 0 aromatic heterocycles. The number of alkyl carbamates (subject to hydrolysis) is 1. The molecule has 0 radical (unpaired) electrons. The van der Waals surface area contributed by atoms with Crippen LogP contribution in [0.1, 0.15) is 38.5 Å². The van der Waals surface area contributed by atoms with Gasteiger partial charge >= 0.3 is 6.09 Å². The number of aldehydes is 1. The van der Waals surface area contributed by atoms with Crippen LogP contribution in [0.5, 0.6) is 0 Å². The summed E-state index contributed by atoms with van der Waals surface area (Å²) in [5.41, 5.74) is 7.13. The van der Waals surface area contributed by atoms with Crippen LogP contribution in [0.4, 0.5) is 4.79 Å². The summed E-state index contributed by atoms with van der Waals surface area (Å²) in [5.74, 6) is 5.96. The van der Waals surface area contributed by atoms with Gasteiger partial charge in [0.1, 0.15) is 12.9 Å². The van der Waals surface area contributed by atoms with Crippen LogP contribution in [0.3, 0.4) is 0 Å². The van der Waals surface area contributed by atoms with E-state index in [0.717, 1.165) is 17.4 Å². The van der Waals surface area contributed by atoms with Crippen molar-refractivity contribution in [3.8, 4) is 23.0 Å². The number of aryl methyl sites for hydroxylation is 1. The molecule has 0 aliphatic heterocycles. The fourth-order valence-electron chi connectivity index (χ4n) is 3.81. The maximum Gasteiger partial charge on any atom is 0.407 e. The van der Waals surface area contributed by atoms with Crippen molar-refractivity contribution in [1.82, 2.24) is 5.32 Å². The smallest absolute Gasteiger partial charge is 0.407 e. The minimum atomic E-state index is -0.487. The van der Waals surface area contributed by atoms with Gasteiger partial charge in [-0.1, -0.05) is 66.4 Å². The van der Waals surface area contributed by atoms with Gasteiger partial charge in [-0.3, -0.25) is 4.79 Å². The SMILES string of the molecule is Cc1cc(C=O)ccc1C#CCNC(=O)OCC1c2ccccc2-c2ccccc21. The Hall–Kier alpha value is -3.84. The number of benzene rings is 3. The molecule has 0 spiro atoms. The Kier molecular flexibility index (Phi) is 5.63. The van der Waals surface area contributed by atoms with Gasteiger partial charge in [0.25, 0.3) is 0 Å². The third kappa shape index (κ3) is 3.97. The Morgan fingerprint density at radius 1 is 1.03 bits per heavy atom. The maximum atomic E-state index is 12.1. The van der Waals surface area contributed by atoms with E-state index in [0.29, 0.717) is 5.56 Å². The lowest BCUT2D eigenvalue weighted by Crippen LogP contribution is -2.26. The number of carbonyl (C=O) groups excluding carboxylic acids is 2. The van der Waals surface area contributed by atoms with Crippen molar-refractivity contribution >= 4 is 12.4 Å². The molecule has 0 saturated carbocycles. The van der Waals surface area contributed by atoms with Gasteiger partial charge in [-0.2, -0.15) is 0 Å². The number of carbonyl (C=O) groups is 2. The second-order valence-corrected chi connectivity index (χ2v) is 7.17. The zero-order chi connectivity index (χ0) is 20.9. The lowest BCUT2D eigenvalue weighted by atomic mass is 9.98. The van der Waals surface area contributed by atoms with E-state index in [1.807, 2.05) is 31.2 Å². The van der Waals surface area contributed by atoms with Crippen LogP contribution in [-0.2, 0) is 4.74 Å². The van der Waals surface area contributed by atoms with E-state index in [-0.39, 0.29) is 19.1 Å². The van der Waals surface area contributed by atoms with E-state index < -0.39 is 6.09 Å². The zero-order valence-corrected chi connectivity index (χ0v) is 16.6. The van der Waals surface area contributed by atoms with Gasteiger partial charge in [0.05, 0.1) is 6.54 Å². The molecule has 0 unspecified atom stereocenters. The largest absolute Gasteiger partial charge is 0.449 e. The molecule has 1 aliphatic carbocycles. The number of rotatable bonds is 4. The lowest BCUT2D eigenvalue weighted by molar-refractivity contribution is 0.112. The fourth-order valence-corrected chi connectivity index (χ4v) is 3.81. The molecule has 1 N–H and O–H groups in total. The fraction of sp³-hybridized carbons (Fsp3) is 0.154. The van der Waals surface area contributed by atoms with Crippen LogP contribution >= 0.6 is 0 Å². The summed E-state index contributed by atoms with van der Waals surface area (Å²) in [6.07, 6.45) is 0.322. The van der Waals surface area contributed by atoms with Crippen molar-refractivity contribution in [2.75, 3.05) is 13.2 Å². The molecule has 3 aromatic carbocycles. The van der Waals surface area contributed by atoms with Crippen LogP contribution in [-0.4, -0.2) is 25.5 Å². The van der Waals surface area contributed by atoms with E-state index in [9.17, 15) is 9.59 Å². The molecule has 3 aromatic rings. The molecular formula is C26H21NO3. The third-order valence-corrected chi connectivity index (χ3v) is 5.27. The van der Waals surface area contributed by atoms with Crippen LogP contribution in [0.2, 0.25) is 0 Å². The number of fused-ring (bicyclic) bond motifs is 3. The van der Waals surface area contributed by atoms with Gasteiger partial charge in [0, 0.05) is 17.0 Å². The quantitative estimate of drug-likeness (QED) is 0.515. The summed E-state index contributed by atoms with van der Waals surface area (Å²) in [5, 5.41) is 2.68. The Bertz CT molecular complexity index is 1120. The summed E-state index contributed by atoms with van der Waals surface area (Å²) >= 11 is 0. The van der Waals surface area contributed by atoms with Crippen molar-refractivity contribution < 1.29 is 14.3 Å². The van der Waals surface area contributed by atoms with Gasteiger partial charge in [0.2, 0.25) is 0 Å². The number of amides is 1. The van der Waals surface area contributed by atoms with Gasteiger partial charge in [-0.25, -0.2) is 4.79 Å². The Morgan fingerprint density at radius 3 is 2.33 bits per heavy atom. The van der Waals surface area contributed by atoms with Crippen molar-refractivity contribution in [2.45, 2.75) is 12.8 Å². The van der Waals surface area contributed by atoms with Gasteiger partial charge < -0.3 is 10.1 Å². The van der Waals surface area contributed by atoms with E-state index in [1.165, 1.54) is 22.3 Å². The summed E-state index contributed by atoms with van der Waals surface area (Å²) in [7, 11) is 0. The molecule has 4 heteroatoms. The molecule has 148 valence electrons. The normalized spacial score (nSPS) is 11.6. The first-order valence-electron chi connectivity index (χ1n) is 9.81. The van der Waals surface area contributed by atoms with E-state index in [4.69, 9.17) is 4.74 Å². The summed E-state index contributed by atoms with van der Waals surface area (Å²) < 4.78 is 5.49. The minimum absolute atomic E-state index is 0.0354. The van der Waals surface area contributed by atoms with E-state index >= 15 is 0 Å². The molecule has 30 heavy (non-hydrogen) atoms. The third-order valence-electron chi connectivity index (χ3n) is 5.27. The highest BCUT2D eigenvalue weighted by molar-refractivity contribution is 5.79. The molecule has 1 amide bonds. The molecule has 0 atom stereocenters. The molecule has 0 heterocycles. The van der Waals surface area contributed by atoms with Gasteiger partial charge in [-0.05, 0) is 46.9 Å². The second-order valence-electron chi connectivity index (χ2n) is 7.17. The summed E-state index contributed by atoms with van der Waals surface area (Å²) in [6, 6.07) is 21.8. The van der Waals surface area contributed by atoms with E-state index in [1.54, 1.807) is 18.2 Å². The summed E-state index contributed by atoms with van der Waals surface area (Å²) in [6.45, 7) is 2.36. The van der Waals surface area contributed by atoms with Crippen molar-refractivity contribution in [3.63, 3.8) is 0 Å². The average molecular weight is 395 g/mol. The van der Waals surface area contributed by atoms with E-state index in [2.05, 4.69) is 41.4 Å². The Balaban J connectivity index is 1.35. The lowest BCUT2D eigenvalue weighted by Gasteiger charge is -2.14. The van der Waals surface area contributed by atoms with Crippen LogP contribution in [0.15, 0.2) is 66.7 Å². The van der Waals surface area contributed by atoms with Crippen molar-refractivity contribution in [3.05, 3.63) is 94.5 Å².